The second-order valence-corrected chi connectivity index (χ2v) is 5.96. The summed E-state index contributed by atoms with van der Waals surface area (Å²) in [6, 6.07) is 8.38. The third kappa shape index (κ3) is 2.70. The van der Waals surface area contributed by atoms with E-state index in [1.807, 2.05) is 0 Å². The molecule has 3 rings (SSSR count). The molecule has 1 atom stereocenters. The van der Waals surface area contributed by atoms with Crippen LogP contribution in [0.2, 0.25) is 0 Å². The van der Waals surface area contributed by atoms with Crippen molar-refractivity contribution < 1.29 is 18.0 Å². The van der Waals surface area contributed by atoms with Crippen LogP contribution in [0.1, 0.15) is 18.0 Å². The predicted molar refractivity (Wildman–Crippen MR) is 79.9 cm³/mol. The highest BCUT2D eigenvalue weighted by molar-refractivity contribution is 9.10. The van der Waals surface area contributed by atoms with Crippen LogP contribution in [0.3, 0.4) is 0 Å². The quantitative estimate of drug-likeness (QED) is 0.865. The number of hydrogen-bond donors (Lipinski definition) is 1. The predicted octanol–water partition coefficient (Wildman–Crippen LogP) is 3.94. The maximum absolute atomic E-state index is 13.7. The van der Waals surface area contributed by atoms with Crippen molar-refractivity contribution in [2.45, 2.75) is 18.6 Å². The molecule has 1 amide bonds. The second kappa shape index (κ2) is 5.55. The van der Waals surface area contributed by atoms with E-state index in [2.05, 4.69) is 21.4 Å². The van der Waals surface area contributed by atoms with Gasteiger partial charge in [-0.15, -0.1) is 0 Å². The van der Waals surface area contributed by atoms with E-state index in [1.165, 1.54) is 0 Å². The Hall–Kier alpha value is -1.60. The molecule has 2 aromatic rings. The minimum Gasteiger partial charge on any atom is -0.288 e. The number of hydrogen-bond acceptors (Lipinski definition) is 2. The van der Waals surface area contributed by atoms with E-state index in [4.69, 9.17) is 0 Å². The fourth-order valence-electron chi connectivity index (χ4n) is 2.73. The Morgan fingerprint density at radius 2 is 1.91 bits per heavy atom. The minimum atomic E-state index is -4.51. The molecule has 1 unspecified atom stereocenters. The molecule has 1 aliphatic rings. The second-order valence-electron chi connectivity index (χ2n) is 5.10. The third-order valence-electron chi connectivity index (χ3n) is 3.66. The van der Waals surface area contributed by atoms with E-state index >= 15 is 0 Å². The Kier molecular flexibility index (Phi) is 3.86. The van der Waals surface area contributed by atoms with Gasteiger partial charge in [-0.25, -0.2) is 5.01 Å². The van der Waals surface area contributed by atoms with Crippen LogP contribution >= 0.6 is 15.9 Å². The molecule has 0 radical (unpaired) electrons. The maximum atomic E-state index is 13.7. The number of carbonyl (C=O) groups excluding carboxylic acids is 1. The van der Waals surface area contributed by atoms with Crippen molar-refractivity contribution in [2.75, 3.05) is 6.54 Å². The first-order valence-corrected chi connectivity index (χ1v) is 7.47. The number of halogens is 4. The average molecular weight is 373 g/mol. The number of rotatable bonds is 2. The van der Waals surface area contributed by atoms with Gasteiger partial charge in [0.1, 0.15) is 0 Å². The van der Waals surface area contributed by atoms with Gasteiger partial charge in [0.15, 0.2) is 6.04 Å². The molecule has 0 aliphatic carbocycles. The topological polar surface area (TPSA) is 32.3 Å². The molecule has 3 nitrogen and oxygen atoms in total. The van der Waals surface area contributed by atoms with Gasteiger partial charge in [0.2, 0.25) is 5.91 Å². The number of nitrogens with zero attached hydrogens (tertiary/aromatic N) is 1. The smallest absolute Gasteiger partial charge is 0.288 e. The standard InChI is InChI=1S/C15H12BrF3N2O/c16-11-6-5-9-3-1-2-4-10(9)13(11)14(15(17,18)19)21-8-7-12(22)20-21/h1-6,14H,7-8H2,(H,20,22). The Bertz CT molecular complexity index is 732. The van der Waals surface area contributed by atoms with Gasteiger partial charge in [-0.3, -0.25) is 10.2 Å². The molecule has 0 spiro atoms. The van der Waals surface area contributed by atoms with E-state index in [1.54, 1.807) is 36.4 Å². The number of alkyl halides is 3. The van der Waals surface area contributed by atoms with Gasteiger partial charge in [0, 0.05) is 23.0 Å². The first-order valence-electron chi connectivity index (χ1n) is 6.68. The van der Waals surface area contributed by atoms with E-state index in [-0.39, 0.29) is 18.5 Å². The summed E-state index contributed by atoms with van der Waals surface area (Å²) in [7, 11) is 0. The first kappa shape index (κ1) is 15.3. The highest BCUT2D eigenvalue weighted by atomic mass is 79.9. The Morgan fingerprint density at radius 3 is 2.55 bits per heavy atom. The van der Waals surface area contributed by atoms with E-state index in [9.17, 15) is 18.0 Å². The summed E-state index contributed by atoms with van der Waals surface area (Å²) in [6.45, 7) is 0.0265. The van der Waals surface area contributed by atoms with Crippen molar-refractivity contribution in [1.29, 1.82) is 0 Å². The van der Waals surface area contributed by atoms with E-state index in [0.29, 0.717) is 9.86 Å². The van der Waals surface area contributed by atoms with Crippen LogP contribution in [0.25, 0.3) is 10.8 Å². The van der Waals surface area contributed by atoms with Gasteiger partial charge >= 0.3 is 6.18 Å². The number of carbonyl (C=O) groups is 1. The lowest BCUT2D eigenvalue weighted by Gasteiger charge is -2.30. The summed E-state index contributed by atoms with van der Waals surface area (Å²) in [5.74, 6) is -0.398. The number of amides is 1. The zero-order chi connectivity index (χ0) is 15.9. The molecule has 1 heterocycles. The monoisotopic (exact) mass is 372 g/mol. The highest BCUT2D eigenvalue weighted by Gasteiger charge is 2.48. The molecule has 7 heteroatoms. The molecule has 1 aliphatic heterocycles. The van der Waals surface area contributed by atoms with E-state index in [0.717, 1.165) is 10.4 Å². The van der Waals surface area contributed by atoms with Gasteiger partial charge in [-0.1, -0.05) is 46.3 Å². The zero-order valence-electron chi connectivity index (χ0n) is 11.3. The summed E-state index contributed by atoms with van der Waals surface area (Å²) >= 11 is 3.23. The molecule has 22 heavy (non-hydrogen) atoms. The molecule has 116 valence electrons. The van der Waals surface area contributed by atoms with Crippen molar-refractivity contribution in [3.63, 3.8) is 0 Å². The van der Waals surface area contributed by atoms with Crippen LogP contribution in [0, 0.1) is 0 Å². The summed E-state index contributed by atoms with van der Waals surface area (Å²) in [4.78, 5) is 11.3. The van der Waals surface area contributed by atoms with Crippen LogP contribution in [0.4, 0.5) is 13.2 Å². The summed E-state index contributed by atoms with van der Waals surface area (Å²) < 4.78 is 41.4. The third-order valence-corrected chi connectivity index (χ3v) is 4.35. The average Bonchev–Trinajstić information content (AvgIpc) is 2.86. The van der Waals surface area contributed by atoms with Crippen molar-refractivity contribution in [2.24, 2.45) is 0 Å². The number of fused-ring (bicyclic) bond motifs is 1. The van der Waals surface area contributed by atoms with Crippen molar-refractivity contribution in [1.82, 2.24) is 10.4 Å². The summed E-state index contributed by atoms with van der Waals surface area (Å²) in [5.41, 5.74) is 2.42. The summed E-state index contributed by atoms with van der Waals surface area (Å²) in [5, 5.41) is 2.20. The molecular weight excluding hydrogens is 361 g/mol. The number of nitrogens with one attached hydrogen (secondary N) is 1. The molecule has 1 N–H and O–H groups in total. The molecule has 2 aromatic carbocycles. The Labute approximate surface area is 133 Å². The van der Waals surface area contributed by atoms with Gasteiger partial charge in [-0.2, -0.15) is 13.2 Å². The van der Waals surface area contributed by atoms with Crippen LogP contribution < -0.4 is 5.43 Å². The van der Waals surface area contributed by atoms with Crippen molar-refractivity contribution in [3.8, 4) is 0 Å². The molecule has 1 saturated heterocycles. The lowest BCUT2D eigenvalue weighted by atomic mass is 9.98. The summed E-state index contributed by atoms with van der Waals surface area (Å²) in [6.07, 6.45) is -4.45. The lowest BCUT2D eigenvalue weighted by Crippen LogP contribution is -2.43. The largest absolute Gasteiger partial charge is 0.409 e. The van der Waals surface area contributed by atoms with Crippen LogP contribution in [0.15, 0.2) is 40.9 Å². The maximum Gasteiger partial charge on any atom is 0.409 e. The molecular formula is C15H12BrF3N2O. The van der Waals surface area contributed by atoms with Gasteiger partial charge < -0.3 is 0 Å². The van der Waals surface area contributed by atoms with Gasteiger partial charge in [0.05, 0.1) is 0 Å². The lowest BCUT2D eigenvalue weighted by molar-refractivity contribution is -0.190. The molecule has 0 aromatic heterocycles. The first-order chi connectivity index (χ1) is 10.4. The van der Waals surface area contributed by atoms with E-state index < -0.39 is 18.1 Å². The fraction of sp³-hybridized carbons (Fsp3) is 0.267. The number of hydrazine groups is 1. The van der Waals surface area contributed by atoms with Crippen molar-refractivity contribution in [3.05, 3.63) is 46.4 Å². The van der Waals surface area contributed by atoms with Gasteiger partial charge in [0.25, 0.3) is 0 Å². The van der Waals surface area contributed by atoms with Crippen LogP contribution in [0.5, 0.6) is 0 Å². The van der Waals surface area contributed by atoms with Crippen molar-refractivity contribution >= 4 is 32.6 Å². The minimum absolute atomic E-state index is 0.0265. The molecule has 0 saturated carbocycles. The Balaban J connectivity index is 2.20. The zero-order valence-corrected chi connectivity index (χ0v) is 12.9. The van der Waals surface area contributed by atoms with Gasteiger partial charge in [-0.05, 0) is 16.8 Å². The van der Waals surface area contributed by atoms with Crippen LogP contribution in [-0.4, -0.2) is 23.6 Å². The SMILES string of the molecule is O=C1CCN(C(c2c(Br)ccc3ccccc23)C(F)(F)F)N1. The number of benzene rings is 2. The fourth-order valence-corrected chi connectivity index (χ4v) is 3.29. The molecule has 1 fully saturated rings. The molecule has 0 bridgehead atoms. The van der Waals surface area contributed by atoms with Crippen LogP contribution in [-0.2, 0) is 4.79 Å². The Morgan fingerprint density at radius 1 is 1.18 bits per heavy atom. The normalized spacial score (nSPS) is 17.7. The highest BCUT2D eigenvalue weighted by Crippen LogP contribution is 2.43.